The highest BCUT2D eigenvalue weighted by molar-refractivity contribution is 5.83. The maximum absolute atomic E-state index is 11.9. The number of amides is 2. The number of fused-ring (bicyclic) bond motifs is 2. The second kappa shape index (κ2) is 5.04. The van der Waals surface area contributed by atoms with Gasteiger partial charge in [-0.25, -0.2) is 0 Å². The topological polar surface area (TPSA) is 75.4 Å². The van der Waals surface area contributed by atoms with E-state index in [0.29, 0.717) is 24.4 Å². The summed E-state index contributed by atoms with van der Waals surface area (Å²) in [4.78, 5) is 24.1. The quantitative estimate of drug-likeness (QED) is 0.716. The zero-order valence-corrected chi connectivity index (χ0v) is 10.3. The van der Waals surface area contributed by atoms with Crippen LogP contribution in [0.2, 0.25) is 0 Å². The van der Waals surface area contributed by atoms with Crippen LogP contribution in [0.4, 0.5) is 0 Å². The first-order valence-electron chi connectivity index (χ1n) is 6.33. The number of likely N-dealkylation sites (N-methyl/N-ethyl adjacent to an activating group) is 1. The van der Waals surface area contributed by atoms with Crippen molar-refractivity contribution in [3.63, 3.8) is 0 Å². The molecule has 0 aliphatic carbocycles. The lowest BCUT2D eigenvalue weighted by molar-refractivity contribution is -0.134. The first kappa shape index (κ1) is 12.4. The van der Waals surface area contributed by atoms with Crippen molar-refractivity contribution in [3.8, 4) is 0 Å². The molecule has 0 radical (unpaired) electrons. The molecule has 5 heteroatoms. The first-order valence-corrected chi connectivity index (χ1v) is 6.33. The summed E-state index contributed by atoms with van der Waals surface area (Å²) in [6.45, 7) is 0.0245. The molecule has 2 aliphatic rings. The van der Waals surface area contributed by atoms with Crippen LogP contribution in [0.1, 0.15) is 32.1 Å². The van der Waals surface area contributed by atoms with Gasteiger partial charge >= 0.3 is 0 Å². The molecular formula is C12H21N3O2. The van der Waals surface area contributed by atoms with E-state index in [9.17, 15) is 9.59 Å². The Kier molecular flexibility index (Phi) is 3.66. The average molecular weight is 239 g/mol. The van der Waals surface area contributed by atoms with Crippen molar-refractivity contribution in [2.75, 3.05) is 13.6 Å². The minimum atomic E-state index is -0.453. The van der Waals surface area contributed by atoms with Gasteiger partial charge in [0.2, 0.25) is 11.8 Å². The smallest absolute Gasteiger partial charge is 0.237 e. The van der Waals surface area contributed by atoms with Crippen molar-refractivity contribution in [1.29, 1.82) is 0 Å². The summed E-state index contributed by atoms with van der Waals surface area (Å²) in [7, 11) is 1.64. The SMILES string of the molecule is CN(CC(N)=O)C(=O)CC1CC2CCC(C1)N2. The fourth-order valence-electron chi connectivity index (χ4n) is 3.07. The Morgan fingerprint density at radius 2 is 1.88 bits per heavy atom. The lowest BCUT2D eigenvalue weighted by Gasteiger charge is -2.29. The summed E-state index contributed by atoms with van der Waals surface area (Å²) < 4.78 is 0. The fraction of sp³-hybridized carbons (Fsp3) is 0.833. The highest BCUT2D eigenvalue weighted by Crippen LogP contribution is 2.32. The van der Waals surface area contributed by atoms with Crippen molar-refractivity contribution < 1.29 is 9.59 Å². The molecule has 2 bridgehead atoms. The van der Waals surface area contributed by atoms with E-state index in [1.807, 2.05) is 0 Å². The zero-order valence-electron chi connectivity index (χ0n) is 10.3. The predicted molar refractivity (Wildman–Crippen MR) is 64.1 cm³/mol. The van der Waals surface area contributed by atoms with Crippen LogP contribution in [0.25, 0.3) is 0 Å². The molecule has 5 nitrogen and oxygen atoms in total. The minimum Gasteiger partial charge on any atom is -0.368 e. The van der Waals surface area contributed by atoms with Crippen LogP contribution >= 0.6 is 0 Å². The van der Waals surface area contributed by atoms with Crippen LogP contribution in [0.15, 0.2) is 0 Å². The van der Waals surface area contributed by atoms with Crippen molar-refractivity contribution >= 4 is 11.8 Å². The number of hydrogen-bond acceptors (Lipinski definition) is 3. The molecule has 2 aliphatic heterocycles. The van der Waals surface area contributed by atoms with E-state index < -0.39 is 5.91 Å². The highest BCUT2D eigenvalue weighted by Gasteiger charge is 2.34. The Balaban J connectivity index is 1.80. The number of nitrogens with one attached hydrogen (secondary N) is 1. The van der Waals surface area contributed by atoms with E-state index in [1.54, 1.807) is 7.05 Å². The molecule has 0 spiro atoms. The highest BCUT2D eigenvalue weighted by atomic mass is 16.2. The van der Waals surface area contributed by atoms with E-state index >= 15 is 0 Å². The van der Waals surface area contributed by atoms with Gasteiger partial charge in [0.15, 0.2) is 0 Å². The zero-order chi connectivity index (χ0) is 12.4. The van der Waals surface area contributed by atoms with Gasteiger partial charge in [0.25, 0.3) is 0 Å². The lowest BCUT2D eigenvalue weighted by atomic mass is 9.89. The molecule has 2 heterocycles. The van der Waals surface area contributed by atoms with Crippen LogP contribution in [0, 0.1) is 5.92 Å². The predicted octanol–water partition coefficient (Wildman–Crippen LogP) is -0.149. The van der Waals surface area contributed by atoms with Crippen molar-refractivity contribution in [1.82, 2.24) is 10.2 Å². The molecule has 2 unspecified atom stereocenters. The van der Waals surface area contributed by atoms with Gasteiger partial charge in [0.1, 0.15) is 0 Å². The molecule has 2 atom stereocenters. The van der Waals surface area contributed by atoms with Gasteiger partial charge in [-0.3, -0.25) is 9.59 Å². The van der Waals surface area contributed by atoms with Crippen LogP contribution in [-0.4, -0.2) is 42.4 Å². The molecular weight excluding hydrogens is 218 g/mol. The molecule has 2 amide bonds. The molecule has 2 fully saturated rings. The Labute approximate surface area is 102 Å². The van der Waals surface area contributed by atoms with Gasteiger partial charge in [-0.1, -0.05) is 0 Å². The third-order valence-electron chi connectivity index (χ3n) is 3.85. The Bertz CT molecular complexity index is 307. The molecule has 17 heavy (non-hydrogen) atoms. The third kappa shape index (κ3) is 3.19. The number of nitrogens with zero attached hydrogens (tertiary/aromatic N) is 1. The summed E-state index contributed by atoms with van der Waals surface area (Å²) >= 11 is 0. The van der Waals surface area contributed by atoms with Crippen molar-refractivity contribution in [2.24, 2.45) is 11.7 Å². The molecule has 0 saturated carbocycles. The van der Waals surface area contributed by atoms with Crippen LogP contribution in [-0.2, 0) is 9.59 Å². The largest absolute Gasteiger partial charge is 0.368 e. The molecule has 0 aromatic carbocycles. The summed E-state index contributed by atoms with van der Waals surface area (Å²) in [6, 6.07) is 1.21. The van der Waals surface area contributed by atoms with Gasteiger partial charge in [0.05, 0.1) is 6.54 Å². The molecule has 0 aromatic heterocycles. The summed E-state index contributed by atoms with van der Waals surface area (Å²) in [5, 5.41) is 3.56. The van der Waals surface area contributed by atoms with Crippen LogP contribution < -0.4 is 11.1 Å². The van der Waals surface area contributed by atoms with E-state index in [0.717, 1.165) is 12.8 Å². The Morgan fingerprint density at radius 3 is 2.41 bits per heavy atom. The van der Waals surface area contributed by atoms with Gasteiger partial charge in [-0.05, 0) is 31.6 Å². The average Bonchev–Trinajstić information content (AvgIpc) is 2.57. The van der Waals surface area contributed by atoms with E-state index in [-0.39, 0.29) is 12.5 Å². The lowest BCUT2D eigenvalue weighted by Crippen LogP contribution is -2.41. The number of carbonyl (C=O) groups excluding carboxylic acids is 2. The van der Waals surface area contributed by atoms with Gasteiger partial charge in [-0.2, -0.15) is 0 Å². The van der Waals surface area contributed by atoms with Gasteiger partial charge < -0.3 is 16.0 Å². The van der Waals surface area contributed by atoms with Crippen molar-refractivity contribution in [2.45, 2.75) is 44.2 Å². The number of primary amides is 1. The molecule has 96 valence electrons. The Morgan fingerprint density at radius 1 is 1.29 bits per heavy atom. The maximum Gasteiger partial charge on any atom is 0.237 e. The van der Waals surface area contributed by atoms with E-state index in [4.69, 9.17) is 5.73 Å². The number of nitrogens with two attached hydrogens (primary N) is 1. The molecule has 2 saturated heterocycles. The van der Waals surface area contributed by atoms with Crippen molar-refractivity contribution in [3.05, 3.63) is 0 Å². The first-order chi connectivity index (χ1) is 8.04. The van der Waals surface area contributed by atoms with Gasteiger partial charge in [0, 0.05) is 25.6 Å². The maximum atomic E-state index is 11.9. The van der Waals surface area contributed by atoms with Crippen LogP contribution in [0.5, 0.6) is 0 Å². The monoisotopic (exact) mass is 239 g/mol. The normalized spacial score (nSPS) is 31.2. The molecule has 0 aromatic rings. The number of hydrogen-bond donors (Lipinski definition) is 2. The summed E-state index contributed by atoms with van der Waals surface area (Å²) in [5.74, 6) is 0.0536. The second-order valence-corrected chi connectivity index (χ2v) is 5.40. The number of carbonyl (C=O) groups is 2. The third-order valence-corrected chi connectivity index (χ3v) is 3.85. The molecule has 3 N–H and O–H groups in total. The van der Waals surface area contributed by atoms with Gasteiger partial charge in [-0.15, -0.1) is 0 Å². The van der Waals surface area contributed by atoms with Crippen LogP contribution in [0.3, 0.4) is 0 Å². The number of rotatable bonds is 4. The second-order valence-electron chi connectivity index (χ2n) is 5.40. The summed E-state index contributed by atoms with van der Waals surface area (Å²) in [6.07, 6.45) is 5.22. The standard InChI is InChI=1S/C12H21N3O2/c1-15(7-11(13)16)12(17)6-8-4-9-2-3-10(5-8)14-9/h8-10,14H,2-7H2,1H3,(H2,13,16). The number of piperidine rings is 1. The van der Waals surface area contributed by atoms with E-state index in [2.05, 4.69) is 5.32 Å². The minimum absolute atomic E-state index is 0.0245. The van der Waals surface area contributed by atoms with E-state index in [1.165, 1.54) is 17.7 Å². The molecule has 2 rings (SSSR count). The summed E-state index contributed by atoms with van der Waals surface area (Å²) in [5.41, 5.74) is 5.08. The fourth-order valence-corrected chi connectivity index (χ4v) is 3.07. The Hall–Kier alpha value is -1.10.